The molecule has 1 N–H and O–H groups in total. The van der Waals surface area contributed by atoms with Crippen LogP contribution in [0.25, 0.3) is 0 Å². The number of alkyl halides is 2. The summed E-state index contributed by atoms with van der Waals surface area (Å²) in [5.74, 6) is -2.89. The van der Waals surface area contributed by atoms with Crippen molar-refractivity contribution in [1.29, 1.82) is 0 Å². The summed E-state index contributed by atoms with van der Waals surface area (Å²) in [6, 6.07) is 5.79. The molecule has 116 valence electrons. The van der Waals surface area contributed by atoms with E-state index in [9.17, 15) is 13.6 Å². The minimum absolute atomic E-state index is 0.0731. The second-order valence-electron chi connectivity index (χ2n) is 6.84. The fraction of sp³-hybridized carbons (Fsp3) is 0.562. The Morgan fingerprint density at radius 3 is 2.43 bits per heavy atom. The zero-order chi connectivity index (χ0) is 15.9. The molecule has 1 amide bonds. The Kier molecular flexibility index (Phi) is 3.72. The van der Waals surface area contributed by atoms with Gasteiger partial charge in [0.1, 0.15) is 5.60 Å². The maximum atomic E-state index is 14.4. The zero-order valence-electron chi connectivity index (χ0n) is 12.8. The molecule has 1 aliphatic rings. The summed E-state index contributed by atoms with van der Waals surface area (Å²) in [4.78, 5) is 11.7. The molecule has 1 aromatic carbocycles. The lowest BCUT2D eigenvalue weighted by molar-refractivity contribution is -0.0724. The summed E-state index contributed by atoms with van der Waals surface area (Å²) in [7, 11) is 0. The molecule has 0 spiro atoms. The van der Waals surface area contributed by atoms with Crippen LogP contribution < -0.4 is 5.32 Å². The summed E-state index contributed by atoms with van der Waals surface area (Å²) in [6.07, 6.45) is 0.383. The molecule has 0 aromatic heterocycles. The molecule has 1 aromatic rings. The van der Waals surface area contributed by atoms with E-state index in [1.807, 2.05) is 0 Å². The van der Waals surface area contributed by atoms with Gasteiger partial charge in [0.15, 0.2) is 0 Å². The molecule has 0 heterocycles. The van der Waals surface area contributed by atoms with Crippen LogP contribution in [-0.2, 0) is 10.7 Å². The average Bonchev–Trinajstić information content (AvgIpc) is 3.06. The topological polar surface area (TPSA) is 38.3 Å². The van der Waals surface area contributed by atoms with Crippen LogP contribution in [0.1, 0.15) is 46.1 Å². The van der Waals surface area contributed by atoms with E-state index < -0.39 is 23.0 Å². The van der Waals surface area contributed by atoms with E-state index in [2.05, 4.69) is 5.32 Å². The van der Waals surface area contributed by atoms with Crippen molar-refractivity contribution >= 4 is 11.8 Å². The van der Waals surface area contributed by atoms with Gasteiger partial charge >= 0.3 is 6.09 Å². The van der Waals surface area contributed by atoms with E-state index in [4.69, 9.17) is 4.74 Å². The Morgan fingerprint density at radius 1 is 1.29 bits per heavy atom. The van der Waals surface area contributed by atoms with Crippen LogP contribution in [-0.4, -0.2) is 11.7 Å². The monoisotopic (exact) mass is 297 g/mol. The van der Waals surface area contributed by atoms with Crippen molar-refractivity contribution in [3.8, 4) is 0 Å². The standard InChI is InChI=1S/C16H21F2NO2/c1-14(2,3)21-13(20)19-12-7-5-6-11(10-12)16(17,18)15(4)8-9-15/h5-7,10H,8-9H2,1-4H3,(H,19,20). The van der Waals surface area contributed by atoms with Crippen molar-refractivity contribution in [2.24, 2.45) is 5.41 Å². The third-order valence-electron chi connectivity index (χ3n) is 3.63. The first-order valence-electron chi connectivity index (χ1n) is 7.02. The molecule has 0 aliphatic heterocycles. The number of hydrogen-bond donors (Lipinski definition) is 1. The van der Waals surface area contributed by atoms with Gasteiger partial charge < -0.3 is 4.74 Å². The first kappa shape index (κ1) is 15.7. The molecule has 0 saturated heterocycles. The van der Waals surface area contributed by atoms with Gasteiger partial charge in [0.2, 0.25) is 0 Å². The Labute approximate surface area is 123 Å². The highest BCUT2D eigenvalue weighted by Gasteiger charge is 2.59. The number of anilines is 1. The maximum Gasteiger partial charge on any atom is 0.412 e. The second-order valence-corrected chi connectivity index (χ2v) is 6.84. The van der Waals surface area contributed by atoms with Gasteiger partial charge in [-0.05, 0) is 45.7 Å². The quantitative estimate of drug-likeness (QED) is 0.859. The summed E-state index contributed by atoms with van der Waals surface area (Å²) < 4.78 is 33.8. The number of benzene rings is 1. The van der Waals surface area contributed by atoms with Crippen LogP contribution in [0.15, 0.2) is 24.3 Å². The van der Waals surface area contributed by atoms with Crippen molar-refractivity contribution in [1.82, 2.24) is 0 Å². The number of carbonyl (C=O) groups excluding carboxylic acids is 1. The van der Waals surface area contributed by atoms with E-state index in [-0.39, 0.29) is 5.56 Å². The molecular weight excluding hydrogens is 276 g/mol. The second kappa shape index (κ2) is 4.97. The van der Waals surface area contributed by atoms with Gasteiger partial charge in [-0.2, -0.15) is 0 Å². The van der Waals surface area contributed by atoms with Gasteiger partial charge in [-0.15, -0.1) is 0 Å². The number of rotatable bonds is 3. The largest absolute Gasteiger partial charge is 0.444 e. The molecule has 3 nitrogen and oxygen atoms in total. The molecular formula is C16H21F2NO2. The van der Waals surface area contributed by atoms with E-state index in [1.165, 1.54) is 18.2 Å². The molecule has 21 heavy (non-hydrogen) atoms. The summed E-state index contributed by atoms with van der Waals surface area (Å²) in [5, 5.41) is 2.49. The molecule has 0 bridgehead atoms. The first-order chi connectivity index (χ1) is 9.53. The first-order valence-corrected chi connectivity index (χ1v) is 7.02. The fourth-order valence-electron chi connectivity index (χ4n) is 2.06. The Morgan fingerprint density at radius 2 is 1.90 bits per heavy atom. The predicted octanol–water partition coefficient (Wildman–Crippen LogP) is 4.93. The third-order valence-corrected chi connectivity index (χ3v) is 3.63. The molecule has 1 aliphatic carbocycles. The lowest BCUT2D eigenvalue weighted by atomic mass is 9.93. The van der Waals surface area contributed by atoms with Crippen LogP contribution in [0.2, 0.25) is 0 Å². The molecule has 2 rings (SSSR count). The SMILES string of the molecule is CC(C)(C)OC(=O)Nc1cccc(C(F)(F)C2(C)CC2)c1. The highest BCUT2D eigenvalue weighted by molar-refractivity contribution is 5.85. The molecule has 0 unspecified atom stereocenters. The summed E-state index contributed by atoms with van der Waals surface area (Å²) in [6.45, 7) is 6.81. The fourth-order valence-corrected chi connectivity index (χ4v) is 2.06. The smallest absolute Gasteiger partial charge is 0.412 e. The minimum Gasteiger partial charge on any atom is -0.444 e. The highest BCUT2D eigenvalue weighted by atomic mass is 19.3. The average molecular weight is 297 g/mol. The van der Waals surface area contributed by atoms with E-state index in [1.54, 1.807) is 33.8 Å². The third kappa shape index (κ3) is 3.52. The summed E-state index contributed by atoms with van der Waals surface area (Å²) >= 11 is 0. The summed E-state index contributed by atoms with van der Waals surface area (Å²) in [5.41, 5.74) is -1.35. The predicted molar refractivity (Wildman–Crippen MR) is 77.5 cm³/mol. The van der Waals surface area contributed by atoms with E-state index in [0.29, 0.717) is 18.5 Å². The van der Waals surface area contributed by atoms with Crippen LogP contribution >= 0.6 is 0 Å². The van der Waals surface area contributed by atoms with Crippen molar-refractivity contribution in [3.63, 3.8) is 0 Å². The van der Waals surface area contributed by atoms with Crippen LogP contribution in [0.4, 0.5) is 19.3 Å². The number of carbonyl (C=O) groups is 1. The number of ether oxygens (including phenoxy) is 1. The molecule has 1 fully saturated rings. The minimum atomic E-state index is -2.89. The number of nitrogens with one attached hydrogen (secondary N) is 1. The molecule has 5 heteroatoms. The van der Waals surface area contributed by atoms with Crippen molar-refractivity contribution in [2.45, 2.75) is 52.1 Å². The van der Waals surface area contributed by atoms with E-state index >= 15 is 0 Å². The van der Waals surface area contributed by atoms with Crippen LogP contribution in [0.5, 0.6) is 0 Å². The number of amides is 1. The number of halogens is 2. The Balaban J connectivity index is 2.13. The van der Waals surface area contributed by atoms with Crippen molar-refractivity contribution in [2.75, 3.05) is 5.32 Å². The lowest BCUT2D eigenvalue weighted by Crippen LogP contribution is -2.28. The van der Waals surface area contributed by atoms with Gasteiger partial charge in [-0.1, -0.05) is 19.1 Å². The highest BCUT2D eigenvalue weighted by Crippen LogP contribution is 2.61. The molecule has 0 atom stereocenters. The Bertz CT molecular complexity index is 545. The van der Waals surface area contributed by atoms with Gasteiger partial charge in [-0.25, -0.2) is 13.6 Å². The van der Waals surface area contributed by atoms with Gasteiger partial charge in [-0.3, -0.25) is 5.32 Å². The lowest BCUT2D eigenvalue weighted by Gasteiger charge is -2.24. The molecule has 0 radical (unpaired) electrons. The number of hydrogen-bond acceptors (Lipinski definition) is 2. The van der Waals surface area contributed by atoms with Crippen LogP contribution in [0.3, 0.4) is 0 Å². The Hall–Kier alpha value is -1.65. The van der Waals surface area contributed by atoms with Crippen LogP contribution in [0, 0.1) is 5.41 Å². The zero-order valence-corrected chi connectivity index (χ0v) is 12.8. The van der Waals surface area contributed by atoms with Gasteiger partial charge in [0, 0.05) is 16.7 Å². The van der Waals surface area contributed by atoms with Crippen molar-refractivity contribution < 1.29 is 18.3 Å². The maximum absolute atomic E-state index is 14.4. The van der Waals surface area contributed by atoms with E-state index in [0.717, 1.165) is 0 Å². The van der Waals surface area contributed by atoms with Gasteiger partial charge in [0.05, 0.1) is 0 Å². The van der Waals surface area contributed by atoms with Crippen molar-refractivity contribution in [3.05, 3.63) is 29.8 Å². The van der Waals surface area contributed by atoms with Gasteiger partial charge in [0.25, 0.3) is 5.92 Å². The molecule has 1 saturated carbocycles. The normalized spacial score (nSPS) is 17.2.